The van der Waals surface area contributed by atoms with Crippen molar-refractivity contribution in [1.29, 1.82) is 0 Å². The van der Waals surface area contributed by atoms with Crippen LogP contribution < -0.4 is 15.9 Å². The maximum Gasteiger partial charge on any atom is 0.136 e. The van der Waals surface area contributed by atoms with E-state index in [1.54, 1.807) is 0 Å². The fourth-order valence-electron chi connectivity index (χ4n) is 9.52. The number of hydrogen-bond acceptors (Lipinski definition) is 1. The largest absolute Gasteiger partial charge is 0.456 e. The van der Waals surface area contributed by atoms with Gasteiger partial charge in [-0.25, -0.2) is 0 Å². The molecular weight excluding hydrogens is 720 g/mol. The number of benzene rings is 10. The second kappa shape index (κ2) is 13.3. The SMILES string of the molecule is c1ccc(-c2c3c(c(-c4ccccc4)c4ccccc24)-c2cc4oc5cc(-c6ccc(P(c7ccccc7)c7ccccc7)cc6)ccc5c4c4cccc-3c24)cc1. The molecule has 1 aliphatic carbocycles. The lowest BCUT2D eigenvalue weighted by atomic mass is 9.82. The van der Waals surface area contributed by atoms with Crippen LogP contribution >= 0.6 is 7.92 Å². The molecule has 1 aliphatic rings. The molecule has 0 unspecified atom stereocenters. The molecule has 0 fully saturated rings. The summed E-state index contributed by atoms with van der Waals surface area (Å²) in [6, 6.07) is 77.7. The monoisotopic (exact) mass is 754 g/mol. The fraction of sp³-hybridized carbons (Fsp3) is 0. The first-order chi connectivity index (χ1) is 28.8. The summed E-state index contributed by atoms with van der Waals surface area (Å²) in [7, 11) is -0.667. The number of furan rings is 1. The van der Waals surface area contributed by atoms with Crippen LogP contribution in [-0.4, -0.2) is 0 Å². The Morgan fingerprint density at radius 2 is 0.776 bits per heavy atom. The summed E-state index contributed by atoms with van der Waals surface area (Å²) in [5.74, 6) is 0. The van der Waals surface area contributed by atoms with E-state index in [4.69, 9.17) is 4.42 Å². The number of hydrogen-bond donors (Lipinski definition) is 0. The van der Waals surface area contributed by atoms with Crippen molar-refractivity contribution in [3.05, 3.63) is 212 Å². The number of fused-ring (bicyclic) bond motifs is 8. The first kappa shape index (κ1) is 33.1. The average molecular weight is 755 g/mol. The lowest BCUT2D eigenvalue weighted by Crippen LogP contribution is -2.20. The Bertz CT molecular complexity index is 3310. The van der Waals surface area contributed by atoms with Crippen molar-refractivity contribution in [3.8, 4) is 55.6 Å². The molecule has 0 saturated carbocycles. The van der Waals surface area contributed by atoms with Crippen molar-refractivity contribution in [2.24, 2.45) is 0 Å². The van der Waals surface area contributed by atoms with Gasteiger partial charge in [-0.15, -0.1) is 0 Å². The minimum Gasteiger partial charge on any atom is -0.456 e. The maximum absolute atomic E-state index is 6.93. The Hall–Kier alpha value is -7.05. The summed E-state index contributed by atoms with van der Waals surface area (Å²) in [6.45, 7) is 0. The molecule has 0 bridgehead atoms. The number of rotatable bonds is 6. The molecule has 270 valence electrons. The first-order valence-electron chi connectivity index (χ1n) is 19.9. The van der Waals surface area contributed by atoms with Crippen LogP contribution in [0.5, 0.6) is 0 Å². The van der Waals surface area contributed by atoms with E-state index in [1.165, 1.54) is 92.9 Å². The highest BCUT2D eigenvalue weighted by molar-refractivity contribution is 7.79. The van der Waals surface area contributed by atoms with Crippen molar-refractivity contribution in [2.75, 3.05) is 0 Å². The highest BCUT2D eigenvalue weighted by Gasteiger charge is 2.32. The van der Waals surface area contributed by atoms with E-state index in [9.17, 15) is 0 Å². The molecule has 0 spiro atoms. The zero-order chi connectivity index (χ0) is 38.2. The first-order valence-corrected chi connectivity index (χ1v) is 21.3. The molecule has 11 aromatic rings. The third-order valence-corrected chi connectivity index (χ3v) is 14.4. The smallest absolute Gasteiger partial charge is 0.136 e. The second-order valence-electron chi connectivity index (χ2n) is 15.2. The predicted molar refractivity (Wildman–Crippen MR) is 248 cm³/mol. The minimum atomic E-state index is -0.667. The van der Waals surface area contributed by atoms with Crippen LogP contribution in [-0.2, 0) is 0 Å². The lowest BCUT2D eigenvalue weighted by molar-refractivity contribution is 0.669. The molecule has 1 heterocycles. The Morgan fingerprint density at radius 3 is 1.38 bits per heavy atom. The van der Waals surface area contributed by atoms with Gasteiger partial charge in [-0.2, -0.15) is 0 Å². The highest BCUT2D eigenvalue weighted by atomic mass is 31.1. The van der Waals surface area contributed by atoms with Crippen molar-refractivity contribution < 1.29 is 4.42 Å². The Morgan fingerprint density at radius 1 is 0.276 bits per heavy atom. The van der Waals surface area contributed by atoms with E-state index in [2.05, 4.69) is 212 Å². The predicted octanol–water partition coefficient (Wildman–Crippen LogP) is 14.3. The van der Waals surface area contributed by atoms with E-state index in [0.29, 0.717) is 0 Å². The molecule has 0 amide bonds. The molecule has 10 aromatic carbocycles. The zero-order valence-corrected chi connectivity index (χ0v) is 32.5. The quantitative estimate of drug-likeness (QED) is 0.154. The Kier molecular flexibility index (Phi) is 7.58. The van der Waals surface area contributed by atoms with Gasteiger partial charge in [0.15, 0.2) is 0 Å². The molecule has 1 aromatic heterocycles. The fourth-order valence-corrected chi connectivity index (χ4v) is 11.8. The van der Waals surface area contributed by atoms with Gasteiger partial charge in [0.2, 0.25) is 0 Å². The molecule has 1 nitrogen and oxygen atoms in total. The molecular formula is C56H35OP. The molecule has 0 N–H and O–H groups in total. The third kappa shape index (κ3) is 5.07. The van der Waals surface area contributed by atoms with Crippen LogP contribution in [0.2, 0.25) is 0 Å². The molecule has 12 rings (SSSR count). The van der Waals surface area contributed by atoms with Gasteiger partial charge in [0.1, 0.15) is 11.2 Å². The van der Waals surface area contributed by atoms with Gasteiger partial charge in [0, 0.05) is 10.8 Å². The molecule has 2 heteroatoms. The minimum absolute atomic E-state index is 0.667. The van der Waals surface area contributed by atoms with Gasteiger partial charge < -0.3 is 4.42 Å². The van der Waals surface area contributed by atoms with Crippen molar-refractivity contribution in [1.82, 2.24) is 0 Å². The Labute approximate surface area is 338 Å². The van der Waals surface area contributed by atoms with Gasteiger partial charge in [0.05, 0.1) is 0 Å². The molecule has 0 atom stereocenters. The van der Waals surface area contributed by atoms with E-state index in [-0.39, 0.29) is 0 Å². The lowest BCUT2D eigenvalue weighted by Gasteiger charge is -2.20. The standard InChI is InChI=1S/C56H35OP/c1-5-16-37(17-6-1)51-43-24-13-14-25-44(43)52(38-18-7-2-8-19-38)56-48-35-50-54(46-26-15-27-47(53(46)48)55(51)56)45-33-30-39(34-49(45)57-50)36-28-31-42(32-29-36)58(40-20-9-3-10-21-40)41-22-11-4-12-23-41/h1-35H. The summed E-state index contributed by atoms with van der Waals surface area (Å²) in [5.41, 5.74) is 14.2. The van der Waals surface area contributed by atoms with Crippen molar-refractivity contribution in [3.63, 3.8) is 0 Å². The Balaban J connectivity index is 1.04. The zero-order valence-electron chi connectivity index (χ0n) is 31.6. The van der Waals surface area contributed by atoms with Crippen LogP contribution in [0.15, 0.2) is 217 Å². The summed E-state index contributed by atoms with van der Waals surface area (Å²) >= 11 is 0. The summed E-state index contributed by atoms with van der Waals surface area (Å²) in [6.07, 6.45) is 0. The molecule has 58 heavy (non-hydrogen) atoms. The maximum atomic E-state index is 6.93. The van der Waals surface area contributed by atoms with Crippen LogP contribution in [0.25, 0.3) is 99.1 Å². The molecule has 0 radical (unpaired) electrons. The highest BCUT2D eigenvalue weighted by Crippen LogP contribution is 2.59. The van der Waals surface area contributed by atoms with Gasteiger partial charge in [-0.05, 0) is 119 Å². The van der Waals surface area contributed by atoms with Gasteiger partial charge in [-0.3, -0.25) is 0 Å². The van der Waals surface area contributed by atoms with Crippen molar-refractivity contribution >= 4 is 67.3 Å². The van der Waals surface area contributed by atoms with Crippen LogP contribution in [0, 0.1) is 0 Å². The summed E-state index contributed by atoms with van der Waals surface area (Å²) in [4.78, 5) is 0. The summed E-state index contributed by atoms with van der Waals surface area (Å²) in [5, 5.41) is 11.4. The normalized spacial score (nSPS) is 11.9. The summed E-state index contributed by atoms with van der Waals surface area (Å²) < 4.78 is 6.93. The molecule has 0 aliphatic heterocycles. The third-order valence-electron chi connectivity index (χ3n) is 12.0. The van der Waals surface area contributed by atoms with E-state index >= 15 is 0 Å². The van der Waals surface area contributed by atoms with Gasteiger partial charge in [0.25, 0.3) is 0 Å². The van der Waals surface area contributed by atoms with Gasteiger partial charge >= 0.3 is 0 Å². The topological polar surface area (TPSA) is 13.1 Å². The van der Waals surface area contributed by atoms with E-state index < -0.39 is 7.92 Å². The van der Waals surface area contributed by atoms with Crippen LogP contribution in [0.3, 0.4) is 0 Å². The van der Waals surface area contributed by atoms with Gasteiger partial charge in [-0.1, -0.05) is 194 Å². The van der Waals surface area contributed by atoms with Crippen molar-refractivity contribution in [2.45, 2.75) is 0 Å². The van der Waals surface area contributed by atoms with Crippen LogP contribution in [0.1, 0.15) is 0 Å². The van der Waals surface area contributed by atoms with Crippen LogP contribution in [0.4, 0.5) is 0 Å². The molecule has 0 saturated heterocycles. The average Bonchev–Trinajstić information content (AvgIpc) is 3.83. The van der Waals surface area contributed by atoms with E-state index in [0.717, 1.165) is 22.1 Å². The second-order valence-corrected chi connectivity index (χ2v) is 17.4. The van der Waals surface area contributed by atoms with E-state index in [1.807, 2.05) is 0 Å².